The predicted molar refractivity (Wildman–Crippen MR) is 70.7 cm³/mol. The van der Waals surface area contributed by atoms with E-state index < -0.39 is 0 Å². The molecule has 2 aromatic rings. The third kappa shape index (κ3) is 3.30. The van der Waals surface area contributed by atoms with Crippen LogP contribution in [0, 0.1) is 18.3 Å². The summed E-state index contributed by atoms with van der Waals surface area (Å²) < 4.78 is 5.67. The Kier molecular flexibility index (Phi) is 4.11. The lowest BCUT2D eigenvalue weighted by atomic mass is 10.2. The van der Waals surface area contributed by atoms with E-state index in [1.54, 1.807) is 6.20 Å². The zero-order chi connectivity index (χ0) is 13.7. The molecule has 0 spiro atoms. The van der Waals surface area contributed by atoms with E-state index in [4.69, 9.17) is 15.1 Å². The fourth-order valence-corrected chi connectivity index (χ4v) is 1.69. The summed E-state index contributed by atoms with van der Waals surface area (Å²) in [6, 6.07) is 11.3. The predicted octanol–water partition coefficient (Wildman–Crippen LogP) is 2.74. The van der Waals surface area contributed by atoms with Crippen LogP contribution in [-0.2, 0) is 13.0 Å². The van der Waals surface area contributed by atoms with Crippen LogP contribution < -0.4 is 4.74 Å². The van der Waals surface area contributed by atoms with Crippen LogP contribution in [0.5, 0.6) is 11.6 Å². The molecule has 2 rings (SSSR count). The van der Waals surface area contributed by atoms with Crippen LogP contribution in [0.1, 0.15) is 16.7 Å². The highest BCUT2D eigenvalue weighted by molar-refractivity contribution is 5.35. The van der Waals surface area contributed by atoms with E-state index >= 15 is 0 Å². The van der Waals surface area contributed by atoms with Crippen molar-refractivity contribution in [3.05, 3.63) is 53.2 Å². The summed E-state index contributed by atoms with van der Waals surface area (Å²) in [6.45, 7) is 1.85. The molecule has 0 aliphatic heterocycles. The van der Waals surface area contributed by atoms with Crippen LogP contribution in [0.3, 0.4) is 0 Å². The molecule has 0 amide bonds. The Balaban J connectivity index is 2.15. The summed E-state index contributed by atoms with van der Waals surface area (Å²) in [5.41, 5.74) is 2.58. The van der Waals surface area contributed by atoms with Gasteiger partial charge in [0.25, 0.3) is 0 Å². The van der Waals surface area contributed by atoms with Gasteiger partial charge in [-0.2, -0.15) is 5.26 Å². The van der Waals surface area contributed by atoms with Crippen LogP contribution >= 0.6 is 0 Å². The van der Waals surface area contributed by atoms with Crippen molar-refractivity contribution in [3.63, 3.8) is 0 Å². The first kappa shape index (κ1) is 13.1. The topological polar surface area (TPSA) is 66.1 Å². The lowest BCUT2D eigenvalue weighted by molar-refractivity contribution is 0.281. The maximum Gasteiger partial charge on any atom is 0.222 e. The second-order valence-electron chi connectivity index (χ2n) is 4.20. The van der Waals surface area contributed by atoms with Gasteiger partial charge >= 0.3 is 0 Å². The van der Waals surface area contributed by atoms with Crippen molar-refractivity contribution >= 4 is 0 Å². The van der Waals surface area contributed by atoms with Gasteiger partial charge < -0.3 is 9.84 Å². The molecule has 0 saturated carbocycles. The molecule has 96 valence electrons. The number of aliphatic hydroxyl groups excluding tert-OH is 1. The Hall–Kier alpha value is -2.38. The summed E-state index contributed by atoms with van der Waals surface area (Å²) in [4.78, 5) is 4.17. The summed E-state index contributed by atoms with van der Waals surface area (Å²) in [5.74, 6) is 1.19. The molecule has 0 unspecified atom stereocenters. The molecule has 1 aromatic carbocycles. The van der Waals surface area contributed by atoms with Gasteiger partial charge in [-0.05, 0) is 36.2 Å². The van der Waals surface area contributed by atoms with E-state index in [1.165, 1.54) is 0 Å². The van der Waals surface area contributed by atoms with E-state index in [9.17, 15) is 0 Å². The van der Waals surface area contributed by atoms with E-state index in [1.807, 2.05) is 37.3 Å². The minimum absolute atomic E-state index is 0.0308. The summed E-state index contributed by atoms with van der Waals surface area (Å²) >= 11 is 0. The largest absolute Gasteiger partial charge is 0.439 e. The average Bonchev–Trinajstić information content (AvgIpc) is 2.43. The Morgan fingerprint density at radius 1 is 1.26 bits per heavy atom. The Morgan fingerprint density at radius 2 is 2.00 bits per heavy atom. The van der Waals surface area contributed by atoms with Crippen LogP contribution in [0.15, 0.2) is 36.5 Å². The Morgan fingerprint density at radius 3 is 2.58 bits per heavy atom. The SMILES string of the molecule is Cc1cc(CO)cnc1Oc1ccc(CC#N)cc1. The molecule has 0 fully saturated rings. The van der Waals surface area contributed by atoms with Crippen molar-refractivity contribution in [2.24, 2.45) is 0 Å². The van der Waals surface area contributed by atoms with Gasteiger partial charge in [-0.15, -0.1) is 0 Å². The maximum atomic E-state index is 9.02. The Bertz CT molecular complexity index is 601. The van der Waals surface area contributed by atoms with Crippen molar-refractivity contribution in [2.45, 2.75) is 20.0 Å². The monoisotopic (exact) mass is 254 g/mol. The minimum atomic E-state index is -0.0308. The van der Waals surface area contributed by atoms with Crippen molar-refractivity contribution in [3.8, 4) is 17.7 Å². The van der Waals surface area contributed by atoms with Crippen LogP contribution in [-0.4, -0.2) is 10.1 Å². The second-order valence-corrected chi connectivity index (χ2v) is 4.20. The molecular weight excluding hydrogens is 240 g/mol. The molecule has 0 bridgehead atoms. The number of pyridine rings is 1. The van der Waals surface area contributed by atoms with Crippen molar-refractivity contribution in [1.29, 1.82) is 5.26 Å². The quantitative estimate of drug-likeness (QED) is 0.911. The third-order valence-corrected chi connectivity index (χ3v) is 2.69. The first-order chi connectivity index (χ1) is 9.22. The summed E-state index contributed by atoms with van der Waals surface area (Å²) in [6.07, 6.45) is 1.98. The van der Waals surface area contributed by atoms with Gasteiger partial charge in [0.2, 0.25) is 5.88 Å². The van der Waals surface area contributed by atoms with Gasteiger partial charge in [-0.3, -0.25) is 0 Å². The number of nitriles is 1. The molecule has 0 atom stereocenters. The maximum absolute atomic E-state index is 9.02. The molecule has 4 nitrogen and oxygen atoms in total. The Labute approximate surface area is 111 Å². The number of aromatic nitrogens is 1. The normalized spacial score (nSPS) is 9.95. The van der Waals surface area contributed by atoms with Gasteiger partial charge in [0.1, 0.15) is 5.75 Å². The number of aliphatic hydroxyl groups is 1. The number of ether oxygens (including phenoxy) is 1. The number of hydrogen-bond donors (Lipinski definition) is 1. The second kappa shape index (κ2) is 5.98. The van der Waals surface area contributed by atoms with Gasteiger partial charge in [0.15, 0.2) is 0 Å². The molecule has 1 aromatic heterocycles. The lowest BCUT2D eigenvalue weighted by Gasteiger charge is -2.08. The van der Waals surface area contributed by atoms with Crippen molar-refractivity contribution < 1.29 is 9.84 Å². The van der Waals surface area contributed by atoms with Crippen molar-refractivity contribution in [1.82, 2.24) is 4.98 Å². The molecule has 19 heavy (non-hydrogen) atoms. The fraction of sp³-hybridized carbons (Fsp3) is 0.200. The smallest absolute Gasteiger partial charge is 0.222 e. The van der Waals surface area contributed by atoms with E-state index in [0.29, 0.717) is 18.1 Å². The number of rotatable bonds is 4. The first-order valence-electron chi connectivity index (χ1n) is 5.93. The van der Waals surface area contributed by atoms with Crippen molar-refractivity contribution in [2.75, 3.05) is 0 Å². The zero-order valence-electron chi connectivity index (χ0n) is 10.6. The third-order valence-electron chi connectivity index (χ3n) is 2.69. The highest BCUT2D eigenvalue weighted by Gasteiger charge is 2.04. The lowest BCUT2D eigenvalue weighted by Crippen LogP contribution is -1.94. The van der Waals surface area contributed by atoms with E-state index in [0.717, 1.165) is 16.7 Å². The minimum Gasteiger partial charge on any atom is -0.439 e. The van der Waals surface area contributed by atoms with Gasteiger partial charge in [-0.1, -0.05) is 12.1 Å². The molecule has 0 aliphatic carbocycles. The molecule has 1 N–H and O–H groups in total. The molecule has 0 radical (unpaired) electrons. The molecule has 1 heterocycles. The molecule has 0 aliphatic rings. The molecule has 4 heteroatoms. The van der Waals surface area contributed by atoms with Gasteiger partial charge in [0.05, 0.1) is 19.1 Å². The van der Waals surface area contributed by atoms with Crippen LogP contribution in [0.25, 0.3) is 0 Å². The number of benzene rings is 1. The van der Waals surface area contributed by atoms with Crippen LogP contribution in [0.2, 0.25) is 0 Å². The average molecular weight is 254 g/mol. The van der Waals surface area contributed by atoms with Crippen LogP contribution in [0.4, 0.5) is 0 Å². The first-order valence-corrected chi connectivity index (χ1v) is 5.93. The van der Waals surface area contributed by atoms with E-state index in [-0.39, 0.29) is 6.61 Å². The highest BCUT2D eigenvalue weighted by atomic mass is 16.5. The molecule has 0 saturated heterocycles. The molecular formula is C15H14N2O2. The number of hydrogen-bond acceptors (Lipinski definition) is 4. The number of aryl methyl sites for hydroxylation is 1. The highest BCUT2D eigenvalue weighted by Crippen LogP contribution is 2.23. The summed E-state index contributed by atoms with van der Waals surface area (Å²) in [5, 5.41) is 17.6. The van der Waals surface area contributed by atoms with Gasteiger partial charge in [-0.25, -0.2) is 4.98 Å². The van der Waals surface area contributed by atoms with E-state index in [2.05, 4.69) is 11.1 Å². The van der Waals surface area contributed by atoms with Gasteiger partial charge in [0, 0.05) is 11.8 Å². The number of nitrogens with zero attached hydrogens (tertiary/aromatic N) is 2. The standard InChI is InChI=1S/C15H14N2O2/c1-11-8-13(10-18)9-17-15(11)19-14-4-2-12(3-5-14)6-7-16/h2-5,8-9,18H,6,10H2,1H3. The zero-order valence-corrected chi connectivity index (χ0v) is 10.6. The fourth-order valence-electron chi connectivity index (χ4n) is 1.69. The summed E-state index contributed by atoms with van der Waals surface area (Å²) in [7, 11) is 0.